The van der Waals surface area contributed by atoms with E-state index in [4.69, 9.17) is 21.1 Å². The molecule has 0 aliphatic heterocycles. The van der Waals surface area contributed by atoms with Crippen LogP contribution in [0.3, 0.4) is 0 Å². The van der Waals surface area contributed by atoms with Crippen LogP contribution in [0.5, 0.6) is 5.75 Å². The van der Waals surface area contributed by atoms with Crippen molar-refractivity contribution in [2.24, 2.45) is 5.92 Å². The molecule has 1 rings (SSSR count). The molecule has 5 nitrogen and oxygen atoms in total. The van der Waals surface area contributed by atoms with Crippen LogP contribution >= 0.6 is 11.6 Å². The SMILES string of the molecule is Cc1cc(Cl)ccc1OCCCC(=O)OCC(=O)NC(C)C(C)C. The molecule has 0 saturated heterocycles. The normalized spacial score (nSPS) is 11.9. The fraction of sp³-hybridized carbons (Fsp3) is 0.556. The van der Waals surface area contributed by atoms with Crippen LogP contribution in [0.25, 0.3) is 0 Å². The van der Waals surface area contributed by atoms with Gasteiger partial charge in [0.05, 0.1) is 6.61 Å². The van der Waals surface area contributed by atoms with E-state index in [-0.39, 0.29) is 25.0 Å². The number of nitrogens with one attached hydrogen (secondary N) is 1. The largest absolute Gasteiger partial charge is 0.493 e. The van der Waals surface area contributed by atoms with Gasteiger partial charge >= 0.3 is 5.97 Å². The van der Waals surface area contributed by atoms with Crippen LogP contribution in [0, 0.1) is 12.8 Å². The van der Waals surface area contributed by atoms with Gasteiger partial charge in [0.2, 0.25) is 0 Å². The lowest BCUT2D eigenvalue weighted by Crippen LogP contribution is -2.38. The molecule has 6 heteroatoms. The molecule has 0 fully saturated rings. The Morgan fingerprint density at radius 1 is 1.25 bits per heavy atom. The van der Waals surface area contributed by atoms with Gasteiger partial charge in [-0.15, -0.1) is 0 Å². The minimum absolute atomic E-state index is 0.0483. The molecule has 0 bridgehead atoms. The quantitative estimate of drug-likeness (QED) is 0.543. The zero-order chi connectivity index (χ0) is 18.1. The minimum Gasteiger partial charge on any atom is -0.493 e. The topological polar surface area (TPSA) is 64.6 Å². The first-order chi connectivity index (χ1) is 11.3. The molecule has 0 aromatic heterocycles. The Bertz CT molecular complexity index is 560. The van der Waals surface area contributed by atoms with E-state index in [9.17, 15) is 9.59 Å². The average Bonchev–Trinajstić information content (AvgIpc) is 2.51. The predicted octanol–water partition coefficient (Wildman–Crippen LogP) is 3.51. The first-order valence-electron chi connectivity index (χ1n) is 8.13. The average molecular weight is 356 g/mol. The molecule has 1 unspecified atom stereocenters. The van der Waals surface area contributed by atoms with Crippen molar-refractivity contribution in [1.82, 2.24) is 5.32 Å². The second kappa shape index (κ2) is 10.2. The Morgan fingerprint density at radius 3 is 2.58 bits per heavy atom. The lowest BCUT2D eigenvalue weighted by Gasteiger charge is -2.17. The summed E-state index contributed by atoms with van der Waals surface area (Å²) in [6.45, 7) is 8.01. The maximum absolute atomic E-state index is 11.6. The summed E-state index contributed by atoms with van der Waals surface area (Å²) in [6, 6.07) is 5.43. The number of carbonyl (C=O) groups excluding carboxylic acids is 2. The number of hydrogen-bond donors (Lipinski definition) is 1. The zero-order valence-electron chi connectivity index (χ0n) is 14.7. The summed E-state index contributed by atoms with van der Waals surface area (Å²) in [5, 5.41) is 3.44. The fourth-order valence-corrected chi connectivity index (χ4v) is 2.08. The van der Waals surface area contributed by atoms with Gasteiger partial charge in [0.25, 0.3) is 5.91 Å². The van der Waals surface area contributed by atoms with Crippen LogP contribution in [-0.4, -0.2) is 31.1 Å². The first-order valence-corrected chi connectivity index (χ1v) is 8.51. The van der Waals surface area contributed by atoms with E-state index >= 15 is 0 Å². The van der Waals surface area contributed by atoms with Gasteiger partial charge in [0.15, 0.2) is 6.61 Å². The molecule has 0 heterocycles. The van der Waals surface area contributed by atoms with Gasteiger partial charge in [-0.2, -0.15) is 0 Å². The highest BCUT2D eigenvalue weighted by atomic mass is 35.5. The third-order valence-electron chi connectivity index (χ3n) is 3.67. The summed E-state index contributed by atoms with van der Waals surface area (Å²) in [5.74, 6) is 0.393. The van der Waals surface area contributed by atoms with Gasteiger partial charge in [-0.3, -0.25) is 9.59 Å². The number of benzene rings is 1. The van der Waals surface area contributed by atoms with E-state index < -0.39 is 5.97 Å². The van der Waals surface area contributed by atoms with E-state index in [1.807, 2.05) is 33.8 Å². The highest BCUT2D eigenvalue weighted by Crippen LogP contribution is 2.21. The Morgan fingerprint density at radius 2 is 1.96 bits per heavy atom. The zero-order valence-corrected chi connectivity index (χ0v) is 15.5. The van der Waals surface area contributed by atoms with Crippen molar-refractivity contribution in [1.29, 1.82) is 0 Å². The standard InChI is InChI=1S/C18H26ClNO4/c1-12(2)14(4)20-17(21)11-24-18(22)6-5-9-23-16-8-7-15(19)10-13(16)3/h7-8,10,12,14H,5-6,9,11H2,1-4H3,(H,20,21). The number of aryl methyl sites for hydroxylation is 1. The maximum atomic E-state index is 11.6. The number of ether oxygens (including phenoxy) is 2. The van der Waals surface area contributed by atoms with Gasteiger partial charge in [0, 0.05) is 17.5 Å². The second-order valence-corrected chi connectivity index (χ2v) is 6.56. The van der Waals surface area contributed by atoms with E-state index in [2.05, 4.69) is 5.32 Å². The van der Waals surface area contributed by atoms with Crippen LogP contribution in [-0.2, 0) is 14.3 Å². The smallest absolute Gasteiger partial charge is 0.306 e. The van der Waals surface area contributed by atoms with Crippen LogP contribution in [0.2, 0.25) is 5.02 Å². The number of esters is 1. The molecular formula is C18H26ClNO4. The van der Waals surface area contributed by atoms with Crippen LogP contribution in [0.4, 0.5) is 0 Å². The van der Waals surface area contributed by atoms with Gasteiger partial charge in [0.1, 0.15) is 5.75 Å². The van der Waals surface area contributed by atoms with Crippen LogP contribution < -0.4 is 10.1 Å². The molecule has 24 heavy (non-hydrogen) atoms. The Kier molecular flexibility index (Phi) is 8.61. The molecule has 0 saturated carbocycles. The van der Waals surface area contributed by atoms with Gasteiger partial charge < -0.3 is 14.8 Å². The molecule has 1 amide bonds. The summed E-state index contributed by atoms with van der Waals surface area (Å²) in [5.41, 5.74) is 0.945. The molecule has 0 spiro atoms. The van der Waals surface area contributed by atoms with Gasteiger partial charge in [-0.1, -0.05) is 25.4 Å². The van der Waals surface area contributed by atoms with Crippen molar-refractivity contribution in [2.45, 2.75) is 46.6 Å². The van der Waals surface area contributed by atoms with Gasteiger partial charge in [-0.05, 0) is 49.9 Å². The summed E-state index contributed by atoms with van der Waals surface area (Å²) in [6.07, 6.45) is 0.727. The lowest BCUT2D eigenvalue weighted by atomic mass is 10.1. The molecule has 0 aliphatic carbocycles. The molecule has 134 valence electrons. The van der Waals surface area contributed by atoms with Crippen molar-refractivity contribution in [3.8, 4) is 5.75 Å². The van der Waals surface area contributed by atoms with Crippen molar-refractivity contribution in [2.75, 3.05) is 13.2 Å². The Hall–Kier alpha value is -1.75. The highest BCUT2D eigenvalue weighted by Gasteiger charge is 2.12. The van der Waals surface area contributed by atoms with Crippen LogP contribution in [0.1, 0.15) is 39.2 Å². The Labute approximate surface area is 148 Å². The molecule has 1 atom stereocenters. The van der Waals surface area contributed by atoms with E-state index in [1.165, 1.54) is 0 Å². The van der Waals surface area contributed by atoms with E-state index in [0.29, 0.717) is 24.0 Å². The second-order valence-electron chi connectivity index (χ2n) is 6.12. The number of hydrogen-bond acceptors (Lipinski definition) is 4. The molecular weight excluding hydrogens is 330 g/mol. The number of halogens is 1. The first kappa shape index (κ1) is 20.3. The number of carbonyl (C=O) groups is 2. The highest BCUT2D eigenvalue weighted by molar-refractivity contribution is 6.30. The van der Waals surface area contributed by atoms with E-state index in [0.717, 1.165) is 11.3 Å². The summed E-state index contributed by atoms with van der Waals surface area (Å²) in [7, 11) is 0. The molecule has 0 radical (unpaired) electrons. The van der Waals surface area contributed by atoms with Crippen LogP contribution in [0.15, 0.2) is 18.2 Å². The third kappa shape index (κ3) is 7.68. The van der Waals surface area contributed by atoms with Crippen molar-refractivity contribution in [3.63, 3.8) is 0 Å². The van der Waals surface area contributed by atoms with Gasteiger partial charge in [-0.25, -0.2) is 0 Å². The minimum atomic E-state index is -0.404. The summed E-state index contributed by atoms with van der Waals surface area (Å²) in [4.78, 5) is 23.2. The predicted molar refractivity (Wildman–Crippen MR) is 94.3 cm³/mol. The monoisotopic (exact) mass is 355 g/mol. The molecule has 1 N–H and O–H groups in total. The third-order valence-corrected chi connectivity index (χ3v) is 3.91. The summed E-state index contributed by atoms with van der Waals surface area (Å²) < 4.78 is 10.6. The van der Waals surface area contributed by atoms with Crippen molar-refractivity contribution < 1.29 is 19.1 Å². The lowest BCUT2D eigenvalue weighted by molar-refractivity contribution is -0.149. The Balaban J connectivity index is 2.19. The molecule has 0 aliphatic rings. The fourth-order valence-electron chi connectivity index (χ4n) is 1.85. The van der Waals surface area contributed by atoms with E-state index in [1.54, 1.807) is 12.1 Å². The summed E-state index contributed by atoms with van der Waals surface area (Å²) >= 11 is 5.88. The van der Waals surface area contributed by atoms with Crippen molar-refractivity contribution >= 4 is 23.5 Å². The molecule has 1 aromatic rings. The maximum Gasteiger partial charge on any atom is 0.306 e. The van der Waals surface area contributed by atoms with Crippen molar-refractivity contribution in [3.05, 3.63) is 28.8 Å². The number of rotatable bonds is 9. The molecule has 1 aromatic carbocycles. The number of amides is 1.